The summed E-state index contributed by atoms with van der Waals surface area (Å²) in [7, 11) is 3.29. The quantitative estimate of drug-likeness (QED) is 0.490. The maximum atomic E-state index is 12.5. The van der Waals surface area contributed by atoms with Gasteiger partial charge in [-0.25, -0.2) is 4.79 Å². The van der Waals surface area contributed by atoms with Crippen LogP contribution in [0.5, 0.6) is 0 Å². The highest BCUT2D eigenvalue weighted by Gasteiger charge is 2.27. The smallest absolute Gasteiger partial charge is 0.405 e. The van der Waals surface area contributed by atoms with Crippen molar-refractivity contribution >= 4 is 17.9 Å². The van der Waals surface area contributed by atoms with Crippen LogP contribution in [0.4, 0.5) is 4.79 Å². The van der Waals surface area contributed by atoms with E-state index in [2.05, 4.69) is 10.6 Å². The van der Waals surface area contributed by atoms with Crippen molar-refractivity contribution in [2.24, 2.45) is 5.92 Å². The predicted molar refractivity (Wildman–Crippen MR) is 93.1 cm³/mol. The average molecular weight is 357 g/mol. The zero-order valence-electron chi connectivity index (χ0n) is 15.2. The molecule has 1 fully saturated rings. The van der Waals surface area contributed by atoms with Crippen molar-refractivity contribution in [2.45, 2.75) is 63.5 Å². The van der Waals surface area contributed by atoms with Crippen LogP contribution < -0.4 is 10.6 Å². The molecule has 0 bridgehead atoms. The zero-order chi connectivity index (χ0) is 18.8. The fraction of sp³-hybridized carbons (Fsp3) is 0.824. The zero-order valence-corrected chi connectivity index (χ0v) is 15.2. The number of nitrogens with zero attached hydrogens (tertiary/aromatic N) is 1. The fourth-order valence-electron chi connectivity index (χ4n) is 3.17. The molecule has 1 aliphatic carbocycles. The molecule has 8 heteroatoms. The molecule has 0 aromatic rings. The second-order valence-electron chi connectivity index (χ2n) is 6.96. The summed E-state index contributed by atoms with van der Waals surface area (Å²) >= 11 is 0. The van der Waals surface area contributed by atoms with Crippen LogP contribution in [0.15, 0.2) is 0 Å². The number of aliphatic hydroxyl groups is 1. The molecule has 0 spiro atoms. The maximum absolute atomic E-state index is 12.5. The van der Waals surface area contributed by atoms with Crippen LogP contribution in [-0.2, 0) is 9.59 Å². The fourth-order valence-corrected chi connectivity index (χ4v) is 3.17. The molecule has 0 heterocycles. The van der Waals surface area contributed by atoms with Gasteiger partial charge in [-0.3, -0.25) is 9.59 Å². The summed E-state index contributed by atoms with van der Waals surface area (Å²) < 4.78 is 0. The second kappa shape index (κ2) is 10.9. The number of carbonyl (C=O) groups is 3. The lowest BCUT2D eigenvalue weighted by Crippen LogP contribution is -2.51. The first-order valence-corrected chi connectivity index (χ1v) is 8.94. The lowest BCUT2D eigenvalue weighted by atomic mass is 9.84. The Morgan fingerprint density at radius 2 is 1.76 bits per heavy atom. The molecular formula is C17H31N3O5. The van der Waals surface area contributed by atoms with Crippen LogP contribution in [0.25, 0.3) is 0 Å². The van der Waals surface area contributed by atoms with E-state index in [1.165, 1.54) is 11.3 Å². The van der Waals surface area contributed by atoms with E-state index in [1.807, 2.05) is 0 Å². The van der Waals surface area contributed by atoms with Gasteiger partial charge in [0.05, 0.1) is 12.6 Å². The molecule has 0 saturated heterocycles. The van der Waals surface area contributed by atoms with Crippen molar-refractivity contribution in [3.8, 4) is 0 Å². The Balaban J connectivity index is 2.58. The number of hydrogen-bond donors (Lipinski definition) is 4. The van der Waals surface area contributed by atoms with Crippen LogP contribution in [0.1, 0.15) is 51.4 Å². The number of amides is 3. The molecule has 0 radical (unpaired) electrons. The van der Waals surface area contributed by atoms with Gasteiger partial charge in [0.2, 0.25) is 11.8 Å². The molecule has 3 amide bonds. The Hall–Kier alpha value is -1.83. The molecule has 4 N–H and O–H groups in total. The van der Waals surface area contributed by atoms with Crippen LogP contribution in [0.2, 0.25) is 0 Å². The monoisotopic (exact) mass is 357 g/mol. The van der Waals surface area contributed by atoms with Crippen LogP contribution in [-0.4, -0.2) is 65.8 Å². The van der Waals surface area contributed by atoms with Gasteiger partial charge in [0.25, 0.3) is 0 Å². The van der Waals surface area contributed by atoms with Crippen molar-refractivity contribution in [3.63, 3.8) is 0 Å². The summed E-state index contributed by atoms with van der Waals surface area (Å²) in [5.74, 6) is -0.196. The minimum atomic E-state index is -1.24. The van der Waals surface area contributed by atoms with E-state index < -0.39 is 24.1 Å². The topological polar surface area (TPSA) is 119 Å². The Bertz CT molecular complexity index is 450. The molecule has 1 saturated carbocycles. The minimum absolute atomic E-state index is 0.0879. The summed E-state index contributed by atoms with van der Waals surface area (Å²) in [5, 5.41) is 23.4. The van der Waals surface area contributed by atoms with Gasteiger partial charge in [-0.1, -0.05) is 32.1 Å². The molecule has 1 rings (SSSR count). The van der Waals surface area contributed by atoms with Crippen molar-refractivity contribution in [3.05, 3.63) is 0 Å². The minimum Gasteiger partial charge on any atom is -0.465 e. The lowest BCUT2D eigenvalue weighted by Gasteiger charge is -2.27. The molecule has 25 heavy (non-hydrogen) atoms. The first-order chi connectivity index (χ1) is 11.8. The van der Waals surface area contributed by atoms with Gasteiger partial charge in [0, 0.05) is 20.5 Å². The first-order valence-electron chi connectivity index (χ1n) is 8.94. The number of nitrogens with one attached hydrogen (secondary N) is 2. The molecule has 0 unspecified atom stereocenters. The summed E-state index contributed by atoms with van der Waals surface area (Å²) in [6.07, 6.45) is 5.16. The summed E-state index contributed by atoms with van der Waals surface area (Å²) in [6, 6.07) is -1.40. The van der Waals surface area contributed by atoms with E-state index in [9.17, 15) is 19.5 Å². The Morgan fingerprint density at radius 1 is 1.12 bits per heavy atom. The Kier molecular flexibility index (Phi) is 9.26. The van der Waals surface area contributed by atoms with Crippen LogP contribution in [0, 0.1) is 5.92 Å². The van der Waals surface area contributed by atoms with Crippen LogP contribution in [0.3, 0.4) is 0 Å². The van der Waals surface area contributed by atoms with E-state index in [1.54, 1.807) is 14.1 Å². The summed E-state index contributed by atoms with van der Waals surface area (Å²) in [4.78, 5) is 36.6. The highest BCUT2D eigenvalue weighted by molar-refractivity contribution is 5.85. The molecule has 0 aliphatic heterocycles. The van der Waals surface area contributed by atoms with Gasteiger partial charge < -0.3 is 25.7 Å². The Labute approximate surface area is 149 Å². The van der Waals surface area contributed by atoms with E-state index in [4.69, 9.17) is 5.11 Å². The van der Waals surface area contributed by atoms with E-state index in [0.717, 1.165) is 25.7 Å². The SMILES string of the molecule is CN(C)C(=O)CC[C@@H](CO)NC(=O)[C@H](CC1CCCCC1)NC(=O)O. The third-order valence-electron chi connectivity index (χ3n) is 4.68. The molecule has 1 aliphatic rings. The molecule has 0 aromatic heterocycles. The van der Waals surface area contributed by atoms with Gasteiger partial charge in [-0.2, -0.15) is 0 Å². The highest BCUT2D eigenvalue weighted by atomic mass is 16.4. The summed E-state index contributed by atoms with van der Waals surface area (Å²) in [6.45, 7) is -0.296. The maximum Gasteiger partial charge on any atom is 0.405 e. The molecule has 2 atom stereocenters. The third-order valence-corrected chi connectivity index (χ3v) is 4.68. The second-order valence-corrected chi connectivity index (χ2v) is 6.96. The van der Waals surface area contributed by atoms with E-state index >= 15 is 0 Å². The largest absolute Gasteiger partial charge is 0.465 e. The van der Waals surface area contributed by atoms with Crippen molar-refractivity contribution in [1.29, 1.82) is 0 Å². The van der Waals surface area contributed by atoms with Gasteiger partial charge >= 0.3 is 6.09 Å². The van der Waals surface area contributed by atoms with Gasteiger partial charge in [0.1, 0.15) is 6.04 Å². The summed E-state index contributed by atoms with van der Waals surface area (Å²) in [5.41, 5.74) is 0. The number of aliphatic hydroxyl groups excluding tert-OH is 1. The van der Waals surface area contributed by atoms with Crippen molar-refractivity contribution in [2.75, 3.05) is 20.7 Å². The molecule has 0 aromatic carbocycles. The first kappa shape index (κ1) is 21.2. The number of rotatable bonds is 9. The lowest BCUT2D eigenvalue weighted by molar-refractivity contribution is -0.129. The third kappa shape index (κ3) is 8.20. The highest BCUT2D eigenvalue weighted by Crippen LogP contribution is 2.27. The molecule has 144 valence electrons. The van der Waals surface area contributed by atoms with E-state index in [0.29, 0.717) is 18.8 Å². The normalized spacial score (nSPS) is 17.4. The van der Waals surface area contributed by atoms with Gasteiger partial charge in [-0.05, 0) is 18.8 Å². The average Bonchev–Trinajstić information content (AvgIpc) is 2.57. The predicted octanol–water partition coefficient (Wildman–Crippen LogP) is 0.939. The van der Waals surface area contributed by atoms with Gasteiger partial charge in [0.15, 0.2) is 0 Å². The number of carboxylic acid groups (broad SMARTS) is 1. The van der Waals surface area contributed by atoms with Gasteiger partial charge in [-0.15, -0.1) is 0 Å². The molecular weight excluding hydrogens is 326 g/mol. The van der Waals surface area contributed by atoms with Crippen molar-refractivity contribution in [1.82, 2.24) is 15.5 Å². The molecule has 8 nitrogen and oxygen atoms in total. The number of carbonyl (C=O) groups excluding carboxylic acids is 2. The van der Waals surface area contributed by atoms with Crippen LogP contribution >= 0.6 is 0 Å². The standard InChI is InChI=1S/C17H31N3O5/c1-20(2)15(22)9-8-13(11-21)18-16(23)14(19-17(24)25)10-12-6-4-3-5-7-12/h12-14,19,21H,3-11H2,1-2H3,(H,18,23)(H,24,25)/t13-,14-/m0/s1. The van der Waals surface area contributed by atoms with Crippen molar-refractivity contribution < 1.29 is 24.6 Å². The number of hydrogen-bond acceptors (Lipinski definition) is 4. The van der Waals surface area contributed by atoms with E-state index in [-0.39, 0.29) is 18.9 Å². The Morgan fingerprint density at radius 3 is 2.28 bits per heavy atom.